The first-order valence-corrected chi connectivity index (χ1v) is 7.73. The molecular formula is C13H17BrN6O. The van der Waals surface area contributed by atoms with Crippen molar-refractivity contribution in [3.63, 3.8) is 0 Å². The second-order valence-electron chi connectivity index (χ2n) is 5.34. The number of aromatic nitrogens is 5. The van der Waals surface area contributed by atoms with Crippen LogP contribution in [0.15, 0.2) is 28.1 Å². The lowest BCUT2D eigenvalue weighted by Crippen LogP contribution is -2.38. The van der Waals surface area contributed by atoms with Gasteiger partial charge in [0, 0.05) is 26.7 Å². The minimum absolute atomic E-state index is 0.106. The van der Waals surface area contributed by atoms with Gasteiger partial charge in [-0.1, -0.05) is 0 Å². The molecule has 1 aliphatic rings. The smallest absolute Gasteiger partial charge is 0.282 e. The van der Waals surface area contributed by atoms with Crippen LogP contribution in [-0.2, 0) is 13.6 Å². The van der Waals surface area contributed by atoms with Crippen LogP contribution in [0.3, 0.4) is 0 Å². The van der Waals surface area contributed by atoms with E-state index in [-0.39, 0.29) is 5.56 Å². The van der Waals surface area contributed by atoms with E-state index in [4.69, 9.17) is 0 Å². The molecule has 3 heterocycles. The normalized spacial score (nSPS) is 19.0. The van der Waals surface area contributed by atoms with Gasteiger partial charge < -0.3 is 4.90 Å². The first-order chi connectivity index (χ1) is 10.1. The van der Waals surface area contributed by atoms with Gasteiger partial charge >= 0.3 is 0 Å². The average molecular weight is 353 g/mol. The third kappa shape index (κ3) is 2.99. The number of anilines is 1. The molecule has 1 unspecified atom stereocenters. The summed E-state index contributed by atoms with van der Waals surface area (Å²) in [7, 11) is 1.65. The molecule has 1 fully saturated rings. The predicted molar refractivity (Wildman–Crippen MR) is 82.1 cm³/mol. The van der Waals surface area contributed by atoms with E-state index in [0.29, 0.717) is 10.4 Å². The Morgan fingerprint density at radius 1 is 1.43 bits per heavy atom. The van der Waals surface area contributed by atoms with Crippen molar-refractivity contribution in [1.82, 2.24) is 24.5 Å². The topological polar surface area (TPSA) is 68.8 Å². The van der Waals surface area contributed by atoms with Crippen LogP contribution in [-0.4, -0.2) is 37.6 Å². The highest BCUT2D eigenvalue weighted by Gasteiger charge is 2.23. The van der Waals surface area contributed by atoms with E-state index in [2.05, 4.69) is 36.0 Å². The van der Waals surface area contributed by atoms with Gasteiger partial charge in [0.1, 0.15) is 17.1 Å². The SMILES string of the molecule is Cn1ncc(N2CCCC(Cn3cncn3)C2)c(Br)c1=O. The molecule has 3 rings (SSSR count). The molecule has 0 spiro atoms. The van der Waals surface area contributed by atoms with Crippen molar-refractivity contribution in [2.75, 3.05) is 18.0 Å². The number of halogens is 1. The van der Waals surface area contributed by atoms with Gasteiger partial charge in [0.15, 0.2) is 0 Å². The van der Waals surface area contributed by atoms with Gasteiger partial charge in [-0.2, -0.15) is 10.2 Å². The summed E-state index contributed by atoms with van der Waals surface area (Å²) in [5.74, 6) is 0.497. The fourth-order valence-corrected chi connectivity index (χ4v) is 3.36. The third-order valence-electron chi connectivity index (χ3n) is 3.83. The summed E-state index contributed by atoms with van der Waals surface area (Å²) in [5, 5.41) is 8.28. The molecule has 112 valence electrons. The Kier molecular flexibility index (Phi) is 4.05. The van der Waals surface area contributed by atoms with Crippen molar-refractivity contribution in [2.24, 2.45) is 13.0 Å². The Morgan fingerprint density at radius 3 is 3.05 bits per heavy atom. The molecule has 2 aromatic rings. The van der Waals surface area contributed by atoms with Crippen molar-refractivity contribution < 1.29 is 0 Å². The zero-order valence-corrected chi connectivity index (χ0v) is 13.4. The Balaban J connectivity index is 1.77. The van der Waals surface area contributed by atoms with Crippen LogP contribution in [0, 0.1) is 5.92 Å². The first kappa shape index (κ1) is 14.2. The van der Waals surface area contributed by atoms with Crippen LogP contribution in [0.5, 0.6) is 0 Å². The lowest BCUT2D eigenvalue weighted by molar-refractivity contribution is 0.351. The lowest BCUT2D eigenvalue weighted by atomic mass is 9.98. The molecule has 8 heteroatoms. The molecule has 0 N–H and O–H groups in total. The molecule has 21 heavy (non-hydrogen) atoms. The number of hydrogen-bond donors (Lipinski definition) is 0. The van der Waals surface area contributed by atoms with E-state index in [1.807, 2.05) is 4.68 Å². The van der Waals surface area contributed by atoms with Gasteiger partial charge in [-0.15, -0.1) is 0 Å². The molecule has 0 aromatic carbocycles. The molecule has 2 aromatic heterocycles. The van der Waals surface area contributed by atoms with Gasteiger partial charge in [-0.25, -0.2) is 9.67 Å². The Morgan fingerprint density at radius 2 is 2.29 bits per heavy atom. The highest BCUT2D eigenvalue weighted by Crippen LogP contribution is 2.27. The fraction of sp³-hybridized carbons (Fsp3) is 0.538. The Labute approximate surface area is 130 Å². The molecular weight excluding hydrogens is 336 g/mol. The Bertz CT molecular complexity index is 668. The second-order valence-corrected chi connectivity index (χ2v) is 6.14. The maximum Gasteiger partial charge on any atom is 0.282 e. The predicted octanol–water partition coefficient (Wildman–Crippen LogP) is 1.05. The van der Waals surface area contributed by atoms with Gasteiger partial charge in [-0.05, 0) is 34.7 Å². The van der Waals surface area contributed by atoms with Gasteiger partial charge in [0.25, 0.3) is 5.56 Å². The zero-order valence-electron chi connectivity index (χ0n) is 11.8. The molecule has 0 bridgehead atoms. The lowest BCUT2D eigenvalue weighted by Gasteiger charge is -2.34. The molecule has 7 nitrogen and oxygen atoms in total. The van der Waals surface area contributed by atoms with E-state index in [1.54, 1.807) is 25.9 Å². The average Bonchev–Trinajstić information content (AvgIpc) is 2.98. The summed E-state index contributed by atoms with van der Waals surface area (Å²) in [6.45, 7) is 2.70. The largest absolute Gasteiger partial charge is 0.369 e. The van der Waals surface area contributed by atoms with Gasteiger partial charge in [0.2, 0.25) is 0 Å². The third-order valence-corrected chi connectivity index (χ3v) is 4.58. The summed E-state index contributed by atoms with van der Waals surface area (Å²) < 4.78 is 3.79. The maximum absolute atomic E-state index is 12.0. The molecule has 0 radical (unpaired) electrons. The summed E-state index contributed by atoms with van der Waals surface area (Å²) in [6, 6.07) is 0. The number of aryl methyl sites for hydroxylation is 1. The highest BCUT2D eigenvalue weighted by atomic mass is 79.9. The van der Waals surface area contributed by atoms with Crippen LogP contribution in [0.25, 0.3) is 0 Å². The minimum Gasteiger partial charge on any atom is -0.369 e. The molecule has 0 aliphatic carbocycles. The highest BCUT2D eigenvalue weighted by molar-refractivity contribution is 9.10. The van der Waals surface area contributed by atoms with Crippen molar-refractivity contribution >= 4 is 21.6 Å². The molecule has 1 aliphatic heterocycles. The second kappa shape index (κ2) is 5.97. The Hall–Kier alpha value is -1.70. The van der Waals surface area contributed by atoms with Crippen molar-refractivity contribution in [1.29, 1.82) is 0 Å². The molecule has 1 saturated heterocycles. The van der Waals surface area contributed by atoms with Crippen LogP contribution in [0.1, 0.15) is 12.8 Å². The van der Waals surface area contributed by atoms with E-state index < -0.39 is 0 Å². The fourth-order valence-electron chi connectivity index (χ4n) is 2.75. The van der Waals surface area contributed by atoms with E-state index in [9.17, 15) is 4.79 Å². The number of hydrogen-bond acceptors (Lipinski definition) is 5. The van der Waals surface area contributed by atoms with E-state index >= 15 is 0 Å². The van der Waals surface area contributed by atoms with E-state index in [1.165, 1.54) is 4.68 Å². The quantitative estimate of drug-likeness (QED) is 0.825. The monoisotopic (exact) mass is 352 g/mol. The standard InChI is InChI=1S/C13H17BrN6O/c1-18-13(21)12(14)11(5-16-18)19-4-2-3-10(6-19)7-20-9-15-8-17-20/h5,8-10H,2-4,6-7H2,1H3. The molecule has 0 amide bonds. The van der Waals surface area contributed by atoms with Gasteiger partial charge in [0.05, 0.1) is 11.9 Å². The van der Waals surface area contributed by atoms with Gasteiger partial charge in [-0.3, -0.25) is 9.48 Å². The molecule has 1 atom stereocenters. The van der Waals surface area contributed by atoms with Crippen LogP contribution < -0.4 is 10.5 Å². The number of piperidine rings is 1. The summed E-state index contributed by atoms with van der Waals surface area (Å²) in [4.78, 5) is 18.2. The first-order valence-electron chi connectivity index (χ1n) is 6.94. The van der Waals surface area contributed by atoms with Crippen molar-refractivity contribution in [2.45, 2.75) is 19.4 Å². The van der Waals surface area contributed by atoms with Crippen LogP contribution in [0.2, 0.25) is 0 Å². The zero-order chi connectivity index (χ0) is 14.8. The maximum atomic E-state index is 12.0. The summed E-state index contributed by atoms with van der Waals surface area (Å²) >= 11 is 3.40. The minimum atomic E-state index is -0.106. The van der Waals surface area contributed by atoms with Crippen molar-refractivity contribution in [3.05, 3.63) is 33.7 Å². The number of nitrogens with zero attached hydrogens (tertiary/aromatic N) is 6. The van der Waals surface area contributed by atoms with Crippen LogP contribution in [0.4, 0.5) is 5.69 Å². The van der Waals surface area contributed by atoms with E-state index in [0.717, 1.165) is 38.2 Å². The van der Waals surface area contributed by atoms with Crippen LogP contribution >= 0.6 is 15.9 Å². The van der Waals surface area contributed by atoms with Crippen molar-refractivity contribution in [3.8, 4) is 0 Å². The summed E-state index contributed by atoms with van der Waals surface area (Å²) in [5.41, 5.74) is 0.771. The summed E-state index contributed by atoms with van der Waals surface area (Å²) in [6.07, 6.45) is 7.31. The number of rotatable bonds is 3. The molecule has 0 saturated carbocycles.